The van der Waals surface area contributed by atoms with Crippen molar-refractivity contribution in [3.8, 4) is 0 Å². The van der Waals surface area contributed by atoms with E-state index in [9.17, 15) is 22.8 Å². The Morgan fingerprint density at radius 2 is 2.12 bits per heavy atom. The van der Waals surface area contributed by atoms with Gasteiger partial charge < -0.3 is 20.4 Å². The molecule has 2 saturated heterocycles. The minimum absolute atomic E-state index is 0.0923. The lowest BCUT2D eigenvalue weighted by Crippen LogP contribution is -2.60. The van der Waals surface area contributed by atoms with Gasteiger partial charge in [0.05, 0.1) is 23.8 Å². The Kier molecular flexibility index (Phi) is 4.53. The van der Waals surface area contributed by atoms with Crippen molar-refractivity contribution in [2.75, 3.05) is 6.61 Å². The van der Waals surface area contributed by atoms with Crippen molar-refractivity contribution in [1.29, 1.82) is 0 Å². The first-order valence-electron chi connectivity index (χ1n) is 7.82. The summed E-state index contributed by atoms with van der Waals surface area (Å²) >= 11 is 0. The standard InChI is InChI=1S/C15H18F3N3O3/c16-15(17,18)11-6-8(7-19-11)14(23)20-9-3-4-12(22)21-13(9)10-2-1-5-24-10/h6-7,9-10,13,19H,1-5H2,(H,20,23)(H,21,22)/t9-,10?,13-/m0/s1. The number of ether oxygens (including phenoxy) is 1. The van der Waals surface area contributed by atoms with Gasteiger partial charge in [0.15, 0.2) is 0 Å². The van der Waals surface area contributed by atoms with E-state index in [0.29, 0.717) is 13.0 Å². The highest BCUT2D eigenvalue weighted by atomic mass is 19.4. The molecule has 0 radical (unpaired) electrons. The van der Waals surface area contributed by atoms with Crippen LogP contribution in [-0.4, -0.2) is 41.6 Å². The van der Waals surface area contributed by atoms with Crippen molar-refractivity contribution in [3.63, 3.8) is 0 Å². The van der Waals surface area contributed by atoms with Gasteiger partial charge in [-0.1, -0.05) is 0 Å². The summed E-state index contributed by atoms with van der Waals surface area (Å²) in [5.41, 5.74) is -1.06. The van der Waals surface area contributed by atoms with Gasteiger partial charge in [-0.15, -0.1) is 0 Å². The van der Waals surface area contributed by atoms with Gasteiger partial charge in [-0.25, -0.2) is 0 Å². The summed E-state index contributed by atoms with van der Waals surface area (Å²) in [6.45, 7) is 0.602. The van der Waals surface area contributed by atoms with Gasteiger partial charge in [0.25, 0.3) is 5.91 Å². The van der Waals surface area contributed by atoms with Crippen LogP contribution in [0.1, 0.15) is 41.7 Å². The molecule has 1 aromatic rings. The molecule has 2 fully saturated rings. The van der Waals surface area contributed by atoms with Crippen molar-refractivity contribution >= 4 is 11.8 Å². The molecular formula is C15H18F3N3O3. The lowest BCUT2D eigenvalue weighted by Gasteiger charge is -2.36. The van der Waals surface area contributed by atoms with Crippen LogP contribution < -0.4 is 10.6 Å². The number of nitrogens with one attached hydrogen (secondary N) is 3. The van der Waals surface area contributed by atoms with Gasteiger partial charge in [0.1, 0.15) is 5.69 Å². The molecule has 0 bridgehead atoms. The van der Waals surface area contributed by atoms with Crippen molar-refractivity contribution in [2.45, 2.75) is 50.0 Å². The number of aromatic amines is 1. The molecule has 6 nitrogen and oxygen atoms in total. The molecule has 0 saturated carbocycles. The topological polar surface area (TPSA) is 83.2 Å². The molecule has 132 valence electrons. The fraction of sp³-hybridized carbons (Fsp3) is 0.600. The number of rotatable bonds is 3. The van der Waals surface area contributed by atoms with Crippen LogP contribution in [0.3, 0.4) is 0 Å². The van der Waals surface area contributed by atoms with E-state index < -0.39 is 17.8 Å². The van der Waals surface area contributed by atoms with Crippen LogP contribution in [0.25, 0.3) is 0 Å². The predicted molar refractivity (Wildman–Crippen MR) is 77.2 cm³/mol. The fourth-order valence-electron chi connectivity index (χ4n) is 3.17. The minimum Gasteiger partial charge on any atom is -0.376 e. The van der Waals surface area contributed by atoms with Crippen LogP contribution >= 0.6 is 0 Å². The number of piperidine rings is 1. The number of halogens is 3. The molecule has 0 aromatic carbocycles. The molecule has 3 atom stereocenters. The second-order valence-electron chi connectivity index (χ2n) is 6.06. The smallest absolute Gasteiger partial charge is 0.376 e. The third kappa shape index (κ3) is 3.55. The van der Waals surface area contributed by atoms with E-state index in [1.807, 2.05) is 0 Å². The zero-order chi connectivity index (χ0) is 17.3. The normalized spacial score (nSPS) is 27.8. The quantitative estimate of drug-likeness (QED) is 0.778. The maximum atomic E-state index is 12.6. The third-order valence-electron chi connectivity index (χ3n) is 4.38. The highest BCUT2D eigenvalue weighted by molar-refractivity contribution is 5.94. The molecule has 0 spiro atoms. The van der Waals surface area contributed by atoms with E-state index >= 15 is 0 Å². The van der Waals surface area contributed by atoms with Gasteiger partial charge in [-0.2, -0.15) is 13.2 Å². The molecule has 2 amide bonds. The number of amides is 2. The van der Waals surface area contributed by atoms with E-state index in [-0.39, 0.29) is 36.1 Å². The Morgan fingerprint density at radius 3 is 2.75 bits per heavy atom. The largest absolute Gasteiger partial charge is 0.431 e. The van der Waals surface area contributed by atoms with Crippen LogP contribution in [0.15, 0.2) is 12.3 Å². The number of H-pyrrole nitrogens is 1. The van der Waals surface area contributed by atoms with E-state index in [1.165, 1.54) is 0 Å². The van der Waals surface area contributed by atoms with Crippen LogP contribution in [-0.2, 0) is 15.7 Å². The predicted octanol–water partition coefficient (Wildman–Crippen LogP) is 1.59. The van der Waals surface area contributed by atoms with Crippen molar-refractivity contribution in [1.82, 2.24) is 15.6 Å². The highest BCUT2D eigenvalue weighted by Gasteiger charge is 2.38. The summed E-state index contributed by atoms with van der Waals surface area (Å²) in [6.07, 6.45) is -1.34. The lowest BCUT2D eigenvalue weighted by atomic mass is 9.92. The summed E-state index contributed by atoms with van der Waals surface area (Å²) in [5, 5.41) is 5.55. The van der Waals surface area contributed by atoms with Crippen LogP contribution in [0.2, 0.25) is 0 Å². The second kappa shape index (κ2) is 6.46. The first kappa shape index (κ1) is 16.8. The number of hydrogen-bond donors (Lipinski definition) is 3. The first-order chi connectivity index (χ1) is 11.3. The Balaban J connectivity index is 1.69. The Bertz CT molecular complexity index is 623. The molecule has 3 heterocycles. The monoisotopic (exact) mass is 345 g/mol. The lowest BCUT2D eigenvalue weighted by molar-refractivity contribution is -0.140. The molecule has 3 rings (SSSR count). The van der Waals surface area contributed by atoms with Gasteiger partial charge in [0, 0.05) is 19.2 Å². The Morgan fingerprint density at radius 1 is 1.33 bits per heavy atom. The molecule has 1 aromatic heterocycles. The average Bonchev–Trinajstić information content (AvgIpc) is 3.19. The van der Waals surface area contributed by atoms with Crippen molar-refractivity contribution < 1.29 is 27.5 Å². The van der Waals surface area contributed by atoms with Crippen molar-refractivity contribution in [3.05, 3.63) is 23.5 Å². The number of aromatic nitrogens is 1. The summed E-state index contributed by atoms with van der Waals surface area (Å²) in [6, 6.07) is 0.0407. The van der Waals surface area contributed by atoms with E-state index in [2.05, 4.69) is 15.6 Å². The molecule has 3 N–H and O–H groups in total. The van der Waals surface area contributed by atoms with Crippen LogP contribution in [0.5, 0.6) is 0 Å². The molecule has 0 aliphatic carbocycles. The van der Waals surface area contributed by atoms with E-state index in [4.69, 9.17) is 4.74 Å². The molecular weight excluding hydrogens is 327 g/mol. The molecule has 24 heavy (non-hydrogen) atoms. The minimum atomic E-state index is -4.53. The maximum Gasteiger partial charge on any atom is 0.431 e. The summed E-state index contributed by atoms with van der Waals surface area (Å²) in [7, 11) is 0. The SMILES string of the molecule is O=C1CC[C@H](NC(=O)c2c[nH]c(C(F)(F)F)c2)[C@@H](C2CCCO2)N1. The van der Waals surface area contributed by atoms with Gasteiger partial charge in [-0.3, -0.25) is 9.59 Å². The molecule has 9 heteroatoms. The maximum absolute atomic E-state index is 12.6. The summed E-state index contributed by atoms with van der Waals surface area (Å²) < 4.78 is 43.4. The van der Waals surface area contributed by atoms with Crippen LogP contribution in [0, 0.1) is 0 Å². The highest BCUT2D eigenvalue weighted by Crippen LogP contribution is 2.28. The number of carbonyl (C=O) groups is 2. The Hall–Kier alpha value is -2.03. The zero-order valence-corrected chi connectivity index (χ0v) is 12.8. The molecule has 2 aliphatic rings. The van der Waals surface area contributed by atoms with E-state index in [1.54, 1.807) is 0 Å². The average molecular weight is 345 g/mol. The first-order valence-corrected chi connectivity index (χ1v) is 7.82. The summed E-state index contributed by atoms with van der Waals surface area (Å²) in [4.78, 5) is 25.9. The zero-order valence-electron chi connectivity index (χ0n) is 12.8. The number of carbonyl (C=O) groups excluding carboxylic acids is 2. The number of alkyl halides is 3. The van der Waals surface area contributed by atoms with Crippen LogP contribution in [0.4, 0.5) is 13.2 Å². The fourth-order valence-corrected chi connectivity index (χ4v) is 3.17. The number of hydrogen-bond acceptors (Lipinski definition) is 3. The Labute approximate surface area is 136 Å². The van der Waals surface area contributed by atoms with Crippen molar-refractivity contribution in [2.24, 2.45) is 0 Å². The molecule has 1 unspecified atom stereocenters. The van der Waals surface area contributed by atoms with Gasteiger partial charge in [0.2, 0.25) is 5.91 Å². The van der Waals surface area contributed by atoms with Gasteiger partial charge >= 0.3 is 6.18 Å². The third-order valence-corrected chi connectivity index (χ3v) is 4.38. The van der Waals surface area contributed by atoms with E-state index in [0.717, 1.165) is 25.1 Å². The summed E-state index contributed by atoms with van der Waals surface area (Å²) in [5.74, 6) is -0.715. The van der Waals surface area contributed by atoms with Gasteiger partial charge in [-0.05, 0) is 25.3 Å². The molecule has 2 aliphatic heterocycles. The second-order valence-corrected chi connectivity index (χ2v) is 6.06.